The van der Waals surface area contributed by atoms with E-state index in [0.717, 1.165) is 16.5 Å². The van der Waals surface area contributed by atoms with Gasteiger partial charge in [0.05, 0.1) is 11.4 Å². The normalized spacial score (nSPS) is 10.4. The predicted octanol–water partition coefficient (Wildman–Crippen LogP) is 3.28. The van der Waals surface area contributed by atoms with E-state index in [0.29, 0.717) is 22.8 Å². The maximum absolute atomic E-state index is 11.8. The van der Waals surface area contributed by atoms with Crippen molar-refractivity contribution in [2.24, 2.45) is 0 Å². The number of hydrogen-bond donors (Lipinski definition) is 2. The van der Waals surface area contributed by atoms with Gasteiger partial charge in [-0.2, -0.15) is 0 Å². The lowest BCUT2D eigenvalue weighted by molar-refractivity contribution is -0.116. The van der Waals surface area contributed by atoms with Crippen LogP contribution in [0.1, 0.15) is 12.8 Å². The van der Waals surface area contributed by atoms with Crippen LogP contribution in [0.3, 0.4) is 0 Å². The van der Waals surface area contributed by atoms with E-state index in [2.05, 4.69) is 15.5 Å². The second-order valence-corrected chi connectivity index (χ2v) is 6.55. The number of nitrogens with one attached hydrogen (secondary N) is 1. The van der Waals surface area contributed by atoms with E-state index in [9.17, 15) is 4.79 Å². The van der Waals surface area contributed by atoms with E-state index in [1.54, 1.807) is 35.5 Å². The maximum Gasteiger partial charge on any atom is 0.224 e. The van der Waals surface area contributed by atoms with Crippen LogP contribution >= 0.6 is 34.7 Å². The minimum atomic E-state index is -0.0584. The Labute approximate surface area is 129 Å². The number of thioether (sulfide) groups is 1. The molecule has 2 aromatic rings. The molecule has 0 atom stereocenters. The highest BCUT2D eigenvalue weighted by atomic mass is 35.5. The van der Waals surface area contributed by atoms with E-state index in [4.69, 9.17) is 17.3 Å². The third-order valence-corrected chi connectivity index (χ3v) is 4.58. The largest absolute Gasteiger partial charge is 0.397 e. The smallest absolute Gasteiger partial charge is 0.224 e. The number of nitrogen functional groups attached to an aromatic ring is 1. The summed E-state index contributed by atoms with van der Waals surface area (Å²) in [6, 6.07) is 5.01. The third kappa shape index (κ3) is 4.66. The number of amides is 1. The molecule has 0 aliphatic rings. The van der Waals surface area contributed by atoms with E-state index in [-0.39, 0.29) is 5.91 Å². The van der Waals surface area contributed by atoms with E-state index < -0.39 is 0 Å². The second kappa shape index (κ2) is 7.47. The Bertz CT molecular complexity index is 577. The van der Waals surface area contributed by atoms with Crippen molar-refractivity contribution in [1.29, 1.82) is 0 Å². The van der Waals surface area contributed by atoms with Crippen molar-refractivity contribution in [2.45, 2.75) is 17.2 Å². The van der Waals surface area contributed by atoms with Crippen molar-refractivity contribution in [2.75, 3.05) is 16.8 Å². The summed E-state index contributed by atoms with van der Waals surface area (Å²) in [4.78, 5) is 11.8. The summed E-state index contributed by atoms with van der Waals surface area (Å²) in [7, 11) is 0. The molecule has 0 fully saturated rings. The van der Waals surface area contributed by atoms with Crippen LogP contribution in [0.2, 0.25) is 5.02 Å². The topological polar surface area (TPSA) is 80.9 Å². The standard InChI is InChI=1S/C12H13ClN4OS2/c13-8-3-4-10(9(14)6-8)16-11(18)2-1-5-19-12-17-15-7-20-12/h3-4,6-7H,1-2,5,14H2,(H,16,18). The van der Waals surface area contributed by atoms with Crippen molar-refractivity contribution >= 4 is 52.0 Å². The predicted molar refractivity (Wildman–Crippen MR) is 84.4 cm³/mol. The first kappa shape index (κ1) is 15.1. The van der Waals surface area contributed by atoms with Gasteiger partial charge < -0.3 is 11.1 Å². The van der Waals surface area contributed by atoms with E-state index in [1.807, 2.05) is 0 Å². The molecule has 3 N–H and O–H groups in total. The molecule has 0 saturated carbocycles. The maximum atomic E-state index is 11.8. The molecule has 0 bridgehead atoms. The lowest BCUT2D eigenvalue weighted by atomic mass is 10.2. The molecule has 1 heterocycles. The van der Waals surface area contributed by atoms with Crippen LogP contribution in [0.4, 0.5) is 11.4 Å². The van der Waals surface area contributed by atoms with Crippen LogP contribution < -0.4 is 11.1 Å². The molecule has 1 amide bonds. The highest BCUT2D eigenvalue weighted by Gasteiger charge is 2.06. The van der Waals surface area contributed by atoms with Crippen molar-refractivity contribution in [3.05, 3.63) is 28.7 Å². The number of halogens is 1. The minimum Gasteiger partial charge on any atom is -0.397 e. The average molecular weight is 329 g/mol. The molecule has 1 aromatic heterocycles. The number of benzene rings is 1. The number of aromatic nitrogens is 2. The van der Waals surface area contributed by atoms with Crippen LogP contribution in [-0.4, -0.2) is 21.9 Å². The van der Waals surface area contributed by atoms with Crippen molar-refractivity contribution in [1.82, 2.24) is 10.2 Å². The zero-order valence-electron chi connectivity index (χ0n) is 10.5. The Morgan fingerprint density at radius 3 is 3.05 bits per heavy atom. The molecule has 0 aliphatic heterocycles. The number of carbonyl (C=O) groups excluding carboxylic acids is 1. The first-order valence-corrected chi connectivity index (χ1v) is 8.13. The first-order valence-electron chi connectivity index (χ1n) is 5.89. The van der Waals surface area contributed by atoms with Crippen molar-refractivity contribution in [3.8, 4) is 0 Å². The molecule has 0 spiro atoms. The monoisotopic (exact) mass is 328 g/mol. The van der Waals surface area contributed by atoms with Gasteiger partial charge in [-0.1, -0.05) is 34.7 Å². The van der Waals surface area contributed by atoms with Gasteiger partial charge in [0, 0.05) is 17.2 Å². The molecule has 0 saturated heterocycles. The number of hydrogen-bond acceptors (Lipinski definition) is 6. The number of rotatable bonds is 6. The fraction of sp³-hybridized carbons (Fsp3) is 0.250. The molecule has 0 unspecified atom stereocenters. The molecule has 1 aromatic carbocycles. The summed E-state index contributed by atoms with van der Waals surface area (Å²) in [6.07, 6.45) is 1.21. The number of nitrogens with two attached hydrogens (primary N) is 1. The quantitative estimate of drug-likeness (QED) is 0.483. The number of carbonyl (C=O) groups is 1. The zero-order valence-corrected chi connectivity index (χ0v) is 12.9. The van der Waals surface area contributed by atoms with Gasteiger partial charge in [0.2, 0.25) is 5.91 Å². The molecule has 106 valence electrons. The van der Waals surface area contributed by atoms with E-state index >= 15 is 0 Å². The summed E-state index contributed by atoms with van der Waals surface area (Å²) in [5, 5.41) is 11.0. The lowest BCUT2D eigenvalue weighted by Gasteiger charge is -2.08. The second-order valence-electron chi connectivity index (χ2n) is 3.94. The number of nitrogens with zero attached hydrogens (tertiary/aromatic N) is 2. The van der Waals surface area contributed by atoms with Gasteiger partial charge in [-0.05, 0) is 24.6 Å². The van der Waals surface area contributed by atoms with Gasteiger partial charge in [0.15, 0.2) is 4.34 Å². The summed E-state index contributed by atoms with van der Waals surface area (Å²) < 4.78 is 0.923. The fourth-order valence-electron chi connectivity index (χ4n) is 1.48. The van der Waals surface area contributed by atoms with Crippen molar-refractivity contribution in [3.63, 3.8) is 0 Å². The minimum absolute atomic E-state index is 0.0584. The molecule has 5 nitrogen and oxygen atoms in total. The first-order chi connectivity index (χ1) is 9.65. The van der Waals surface area contributed by atoms with Gasteiger partial charge in [-0.3, -0.25) is 4.79 Å². The number of anilines is 2. The van der Waals surface area contributed by atoms with E-state index in [1.165, 1.54) is 11.3 Å². The molecule has 8 heteroatoms. The van der Waals surface area contributed by atoms with Gasteiger partial charge in [0.1, 0.15) is 5.51 Å². The van der Waals surface area contributed by atoms with Crippen molar-refractivity contribution < 1.29 is 4.79 Å². The molecular weight excluding hydrogens is 316 g/mol. The average Bonchev–Trinajstić information content (AvgIpc) is 2.91. The zero-order chi connectivity index (χ0) is 14.4. The molecular formula is C12H13ClN4OS2. The van der Waals surface area contributed by atoms with Crippen LogP contribution in [0.5, 0.6) is 0 Å². The van der Waals surface area contributed by atoms with Crippen LogP contribution in [-0.2, 0) is 4.79 Å². The molecule has 0 aliphatic carbocycles. The summed E-state index contributed by atoms with van der Waals surface area (Å²) in [5.41, 5.74) is 8.52. The van der Waals surface area contributed by atoms with Crippen LogP contribution in [0, 0.1) is 0 Å². The Kier molecular flexibility index (Phi) is 5.63. The Hall–Kier alpha value is -1.31. The fourth-order valence-corrected chi connectivity index (χ4v) is 3.16. The van der Waals surface area contributed by atoms with Crippen LogP contribution in [0.15, 0.2) is 28.0 Å². The lowest BCUT2D eigenvalue weighted by Crippen LogP contribution is -2.12. The van der Waals surface area contributed by atoms with Gasteiger partial charge in [-0.15, -0.1) is 10.2 Å². The summed E-state index contributed by atoms with van der Waals surface area (Å²) in [6.45, 7) is 0. The summed E-state index contributed by atoms with van der Waals surface area (Å²) in [5.74, 6) is 0.774. The van der Waals surface area contributed by atoms with Gasteiger partial charge >= 0.3 is 0 Å². The Morgan fingerprint density at radius 1 is 1.50 bits per heavy atom. The molecule has 0 radical (unpaired) electrons. The Morgan fingerprint density at radius 2 is 2.35 bits per heavy atom. The summed E-state index contributed by atoms with van der Waals surface area (Å²) >= 11 is 8.90. The highest BCUT2D eigenvalue weighted by Crippen LogP contribution is 2.23. The SMILES string of the molecule is Nc1cc(Cl)ccc1NC(=O)CCCSc1nncs1. The molecule has 20 heavy (non-hydrogen) atoms. The highest BCUT2D eigenvalue weighted by molar-refractivity contribution is 8.00. The van der Waals surface area contributed by atoms with Gasteiger partial charge in [0.25, 0.3) is 0 Å². The third-order valence-electron chi connectivity index (χ3n) is 2.40. The van der Waals surface area contributed by atoms with Gasteiger partial charge in [-0.25, -0.2) is 0 Å². The Balaban J connectivity index is 1.72. The molecule has 2 rings (SSSR count). The van der Waals surface area contributed by atoms with Crippen LogP contribution in [0.25, 0.3) is 0 Å².